The molecule has 7 heteroatoms. The maximum atomic E-state index is 13.0. The Balaban J connectivity index is 1.68. The normalized spacial score (nSPS) is 10.7. The van der Waals surface area contributed by atoms with Gasteiger partial charge in [0.25, 0.3) is 5.91 Å². The van der Waals surface area contributed by atoms with Crippen LogP contribution in [-0.4, -0.2) is 30.1 Å². The van der Waals surface area contributed by atoms with Crippen LogP contribution in [0.2, 0.25) is 0 Å². The molecule has 0 fully saturated rings. The van der Waals surface area contributed by atoms with E-state index in [1.54, 1.807) is 44.7 Å². The van der Waals surface area contributed by atoms with Gasteiger partial charge in [0.15, 0.2) is 0 Å². The monoisotopic (exact) mass is 414 g/mol. The quantitative estimate of drug-likeness (QED) is 0.500. The van der Waals surface area contributed by atoms with E-state index in [2.05, 4.69) is 15.3 Å². The first-order valence-electron chi connectivity index (χ1n) is 9.65. The average molecular weight is 414 g/mol. The molecule has 0 aliphatic rings. The van der Waals surface area contributed by atoms with E-state index in [-0.39, 0.29) is 11.9 Å². The number of carbonyl (C=O) groups excluding carboxylic acids is 1. The van der Waals surface area contributed by atoms with E-state index in [0.29, 0.717) is 22.7 Å². The molecular weight excluding hydrogens is 392 g/mol. The van der Waals surface area contributed by atoms with Crippen molar-refractivity contribution in [1.29, 1.82) is 0 Å². The minimum absolute atomic E-state index is 0.239. The van der Waals surface area contributed by atoms with Gasteiger partial charge in [-0.25, -0.2) is 9.97 Å². The topological polar surface area (TPSA) is 99.4 Å². The third-order valence-corrected chi connectivity index (χ3v) is 5.06. The number of amides is 1. The van der Waals surface area contributed by atoms with E-state index >= 15 is 0 Å². The van der Waals surface area contributed by atoms with Crippen LogP contribution in [-0.2, 0) is 0 Å². The number of nitrogens with zero attached hydrogens (tertiary/aromatic N) is 2. The van der Waals surface area contributed by atoms with Gasteiger partial charge in [0.1, 0.15) is 11.5 Å². The second-order valence-electron chi connectivity index (χ2n) is 7.05. The summed E-state index contributed by atoms with van der Waals surface area (Å²) in [5.74, 6) is 1.17. The number of carbonyl (C=O) groups is 1. The Bertz CT molecular complexity index is 1290. The molecule has 0 spiro atoms. The molecular formula is C24H22N4O3. The van der Waals surface area contributed by atoms with Gasteiger partial charge in [-0.15, -0.1) is 0 Å². The van der Waals surface area contributed by atoms with E-state index in [0.717, 1.165) is 27.6 Å². The molecule has 3 aromatic carbocycles. The summed E-state index contributed by atoms with van der Waals surface area (Å²) in [5.41, 5.74) is 10.5. The van der Waals surface area contributed by atoms with Gasteiger partial charge in [0.05, 0.1) is 25.4 Å². The molecule has 0 radical (unpaired) electrons. The number of aromatic nitrogens is 2. The van der Waals surface area contributed by atoms with Crippen LogP contribution in [0.3, 0.4) is 0 Å². The van der Waals surface area contributed by atoms with Crippen molar-refractivity contribution >= 4 is 28.4 Å². The van der Waals surface area contributed by atoms with Gasteiger partial charge in [0, 0.05) is 23.2 Å². The van der Waals surface area contributed by atoms with Crippen LogP contribution >= 0.6 is 0 Å². The average Bonchev–Trinajstić information content (AvgIpc) is 2.79. The molecule has 1 heterocycles. The zero-order valence-corrected chi connectivity index (χ0v) is 17.5. The number of ether oxygens (including phenoxy) is 2. The molecule has 1 aromatic heterocycles. The van der Waals surface area contributed by atoms with Gasteiger partial charge in [0.2, 0.25) is 5.95 Å². The Labute approximate surface area is 179 Å². The molecule has 0 saturated carbocycles. The first kappa shape index (κ1) is 20.2. The van der Waals surface area contributed by atoms with Crippen LogP contribution in [0, 0.1) is 6.92 Å². The highest BCUT2D eigenvalue weighted by atomic mass is 16.5. The van der Waals surface area contributed by atoms with Crippen molar-refractivity contribution in [2.75, 3.05) is 25.3 Å². The van der Waals surface area contributed by atoms with Gasteiger partial charge < -0.3 is 20.5 Å². The van der Waals surface area contributed by atoms with Gasteiger partial charge >= 0.3 is 0 Å². The van der Waals surface area contributed by atoms with Crippen molar-refractivity contribution in [3.63, 3.8) is 0 Å². The summed E-state index contributed by atoms with van der Waals surface area (Å²) >= 11 is 0. The number of methoxy groups -OCH3 is 2. The first-order valence-corrected chi connectivity index (χ1v) is 9.65. The van der Waals surface area contributed by atoms with E-state index in [1.165, 1.54) is 0 Å². The Hall–Kier alpha value is -4.13. The van der Waals surface area contributed by atoms with E-state index in [9.17, 15) is 4.79 Å². The van der Waals surface area contributed by atoms with Crippen molar-refractivity contribution in [2.45, 2.75) is 6.92 Å². The standard InChI is InChI=1S/C24H22N4O3/c1-14-4-5-16(23(29)27-21-12-18(30-2)7-9-22(21)31-3)11-19(14)15-6-8-20-17(10-15)13-26-24(25)28-20/h4-13H,1-3H3,(H,27,29)(H2,25,26,28). The van der Waals surface area contributed by atoms with Crippen molar-refractivity contribution in [3.05, 3.63) is 71.9 Å². The van der Waals surface area contributed by atoms with E-state index < -0.39 is 0 Å². The molecule has 0 aliphatic carbocycles. The second-order valence-corrected chi connectivity index (χ2v) is 7.05. The smallest absolute Gasteiger partial charge is 0.255 e. The summed E-state index contributed by atoms with van der Waals surface area (Å²) in [4.78, 5) is 21.3. The largest absolute Gasteiger partial charge is 0.497 e. The third-order valence-electron chi connectivity index (χ3n) is 5.06. The lowest BCUT2D eigenvalue weighted by Gasteiger charge is -2.13. The molecule has 0 aliphatic heterocycles. The SMILES string of the molecule is COc1ccc(OC)c(NC(=O)c2ccc(C)c(-c3ccc4nc(N)ncc4c3)c2)c1. The number of rotatable bonds is 5. The predicted octanol–water partition coefficient (Wildman–Crippen LogP) is 4.46. The lowest BCUT2D eigenvalue weighted by molar-refractivity contribution is 0.102. The Morgan fingerprint density at radius 1 is 1.00 bits per heavy atom. The van der Waals surface area contributed by atoms with Crippen LogP contribution in [0.5, 0.6) is 11.5 Å². The van der Waals surface area contributed by atoms with Gasteiger partial charge in [-0.1, -0.05) is 12.1 Å². The molecule has 4 aromatic rings. The second kappa shape index (κ2) is 8.31. The summed E-state index contributed by atoms with van der Waals surface area (Å²) in [6, 6.07) is 16.7. The number of fused-ring (bicyclic) bond motifs is 1. The highest BCUT2D eigenvalue weighted by Gasteiger charge is 2.13. The molecule has 0 unspecified atom stereocenters. The number of benzene rings is 3. The molecule has 31 heavy (non-hydrogen) atoms. The van der Waals surface area contributed by atoms with Crippen molar-refractivity contribution in [3.8, 4) is 22.6 Å². The lowest BCUT2D eigenvalue weighted by atomic mass is 9.97. The molecule has 156 valence electrons. The Kier molecular flexibility index (Phi) is 5.41. The number of hydrogen-bond acceptors (Lipinski definition) is 6. The summed E-state index contributed by atoms with van der Waals surface area (Å²) < 4.78 is 10.6. The molecule has 0 atom stereocenters. The zero-order chi connectivity index (χ0) is 22.0. The third kappa shape index (κ3) is 4.11. The zero-order valence-electron chi connectivity index (χ0n) is 17.5. The molecule has 4 rings (SSSR count). The van der Waals surface area contributed by atoms with Gasteiger partial charge in [-0.3, -0.25) is 4.79 Å². The number of nitrogens with one attached hydrogen (secondary N) is 1. The summed E-state index contributed by atoms with van der Waals surface area (Å²) in [5, 5.41) is 3.79. The highest BCUT2D eigenvalue weighted by molar-refractivity contribution is 6.06. The van der Waals surface area contributed by atoms with Crippen molar-refractivity contribution < 1.29 is 14.3 Å². The lowest BCUT2D eigenvalue weighted by Crippen LogP contribution is -2.13. The Morgan fingerprint density at radius 3 is 2.61 bits per heavy atom. The summed E-state index contributed by atoms with van der Waals surface area (Å²) in [7, 11) is 3.13. The maximum Gasteiger partial charge on any atom is 0.255 e. The van der Waals surface area contributed by atoms with Crippen LogP contribution < -0.4 is 20.5 Å². The number of anilines is 2. The highest BCUT2D eigenvalue weighted by Crippen LogP contribution is 2.31. The predicted molar refractivity (Wildman–Crippen MR) is 122 cm³/mol. The van der Waals surface area contributed by atoms with Crippen molar-refractivity contribution in [1.82, 2.24) is 9.97 Å². The number of aryl methyl sites for hydroxylation is 1. The minimum atomic E-state index is -0.246. The fourth-order valence-corrected chi connectivity index (χ4v) is 3.40. The summed E-state index contributed by atoms with van der Waals surface area (Å²) in [6.07, 6.45) is 1.70. The number of hydrogen-bond donors (Lipinski definition) is 2. The molecule has 0 bridgehead atoms. The van der Waals surface area contributed by atoms with Crippen molar-refractivity contribution in [2.24, 2.45) is 0 Å². The van der Waals surface area contributed by atoms with Crippen LogP contribution in [0.1, 0.15) is 15.9 Å². The van der Waals surface area contributed by atoms with Crippen LogP contribution in [0.25, 0.3) is 22.0 Å². The van der Waals surface area contributed by atoms with Gasteiger partial charge in [-0.05, 0) is 60.0 Å². The molecule has 3 N–H and O–H groups in total. The summed E-state index contributed by atoms with van der Waals surface area (Å²) in [6.45, 7) is 2.01. The first-order chi connectivity index (χ1) is 15.0. The molecule has 0 saturated heterocycles. The Morgan fingerprint density at radius 2 is 1.84 bits per heavy atom. The van der Waals surface area contributed by atoms with E-state index in [1.807, 2.05) is 37.3 Å². The number of nitrogen functional groups attached to an aromatic ring is 1. The fourth-order valence-electron chi connectivity index (χ4n) is 3.40. The fraction of sp³-hybridized carbons (Fsp3) is 0.125. The van der Waals surface area contributed by atoms with E-state index in [4.69, 9.17) is 15.2 Å². The molecule has 7 nitrogen and oxygen atoms in total. The maximum absolute atomic E-state index is 13.0. The van der Waals surface area contributed by atoms with Crippen LogP contribution in [0.4, 0.5) is 11.6 Å². The molecule has 1 amide bonds. The minimum Gasteiger partial charge on any atom is -0.497 e. The number of nitrogens with two attached hydrogens (primary N) is 1. The van der Waals surface area contributed by atoms with Gasteiger partial charge in [-0.2, -0.15) is 0 Å². The van der Waals surface area contributed by atoms with Crippen LogP contribution in [0.15, 0.2) is 60.8 Å².